The number of halogens is 1. The fraction of sp³-hybridized carbons (Fsp3) is 0.682. The molecule has 1 aliphatic rings. The largest absolute Gasteiger partial charge is 0.497 e. The average molecular weight is 533 g/mol. The van der Waals surface area contributed by atoms with Crippen molar-refractivity contribution in [2.24, 2.45) is 4.99 Å². The van der Waals surface area contributed by atoms with Crippen molar-refractivity contribution in [1.82, 2.24) is 15.5 Å². The summed E-state index contributed by atoms with van der Waals surface area (Å²) in [6, 6.07) is 8.37. The van der Waals surface area contributed by atoms with Crippen molar-refractivity contribution >= 4 is 35.6 Å². The number of rotatable bonds is 12. The van der Waals surface area contributed by atoms with Crippen LogP contribution in [0.5, 0.6) is 5.75 Å². The number of guanidine groups is 1. The molecule has 1 aliphatic heterocycles. The lowest BCUT2D eigenvalue weighted by atomic mass is 10.2. The molecule has 0 radical (unpaired) electrons. The number of nitrogens with zero attached hydrogens (tertiary/aromatic N) is 3. The highest BCUT2D eigenvalue weighted by Gasteiger charge is 2.16. The zero-order valence-corrected chi connectivity index (χ0v) is 21.2. The number of anilines is 1. The Kier molecular flexibility index (Phi) is 14.7. The molecule has 0 aliphatic carbocycles. The van der Waals surface area contributed by atoms with Crippen molar-refractivity contribution in [2.45, 2.75) is 26.7 Å². The Balaban J connectivity index is 0.00000450. The molecular formula is C22H40IN5O2. The molecule has 1 saturated heterocycles. The van der Waals surface area contributed by atoms with E-state index in [1.54, 1.807) is 7.11 Å². The molecule has 172 valence electrons. The Morgan fingerprint density at radius 3 is 2.40 bits per heavy atom. The van der Waals surface area contributed by atoms with Gasteiger partial charge in [0.05, 0.1) is 7.11 Å². The first kappa shape index (κ1) is 26.8. The zero-order valence-electron chi connectivity index (χ0n) is 18.9. The number of ether oxygens (including phenoxy) is 2. The van der Waals surface area contributed by atoms with Crippen LogP contribution in [0.3, 0.4) is 0 Å². The Morgan fingerprint density at radius 1 is 1.03 bits per heavy atom. The summed E-state index contributed by atoms with van der Waals surface area (Å²) in [4.78, 5) is 9.61. The second-order valence-electron chi connectivity index (χ2n) is 7.12. The quantitative estimate of drug-likeness (QED) is 0.187. The van der Waals surface area contributed by atoms with E-state index in [9.17, 15) is 0 Å². The predicted molar refractivity (Wildman–Crippen MR) is 137 cm³/mol. The third-order valence-corrected chi connectivity index (χ3v) is 5.02. The summed E-state index contributed by atoms with van der Waals surface area (Å²) in [5.74, 6) is 1.82. The third-order valence-electron chi connectivity index (χ3n) is 5.02. The van der Waals surface area contributed by atoms with E-state index in [1.807, 2.05) is 19.1 Å². The lowest BCUT2D eigenvalue weighted by molar-refractivity contribution is 0.146. The third kappa shape index (κ3) is 10.2. The van der Waals surface area contributed by atoms with Crippen molar-refractivity contribution < 1.29 is 9.47 Å². The Labute approximate surface area is 199 Å². The first-order valence-corrected chi connectivity index (χ1v) is 11.0. The van der Waals surface area contributed by atoms with Crippen LogP contribution in [0.2, 0.25) is 0 Å². The lowest BCUT2D eigenvalue weighted by Crippen LogP contribution is -2.47. The number of aliphatic imine (C=N–C) groups is 1. The van der Waals surface area contributed by atoms with Crippen LogP contribution in [-0.2, 0) is 4.74 Å². The number of nitrogens with one attached hydrogen (secondary N) is 2. The van der Waals surface area contributed by atoms with Crippen LogP contribution in [0, 0.1) is 0 Å². The average Bonchev–Trinajstić information content (AvgIpc) is 2.77. The van der Waals surface area contributed by atoms with Gasteiger partial charge in [-0.1, -0.05) is 0 Å². The molecule has 0 bridgehead atoms. The minimum absolute atomic E-state index is 0. The molecule has 0 unspecified atom stereocenters. The first-order valence-electron chi connectivity index (χ1n) is 11.0. The predicted octanol–water partition coefficient (Wildman–Crippen LogP) is 2.81. The molecule has 1 aromatic carbocycles. The summed E-state index contributed by atoms with van der Waals surface area (Å²) in [6.45, 7) is 13.8. The maximum absolute atomic E-state index is 5.36. The van der Waals surface area contributed by atoms with E-state index < -0.39 is 0 Å². The molecule has 8 heteroatoms. The molecule has 0 saturated carbocycles. The summed E-state index contributed by atoms with van der Waals surface area (Å²) in [5.41, 5.74) is 1.28. The zero-order chi connectivity index (χ0) is 20.7. The standard InChI is InChI=1S/C22H39N5O2.HI/c1-4-23-22(25-13-7-19-29-5-2)24-12-6-14-26-15-17-27(18-16-26)20-8-10-21(28-3)11-9-20;/h8-11H,4-7,12-19H2,1-3H3,(H2,23,24,25);1H. The molecule has 0 amide bonds. The van der Waals surface area contributed by atoms with Crippen LogP contribution >= 0.6 is 24.0 Å². The minimum Gasteiger partial charge on any atom is -0.497 e. The molecule has 0 atom stereocenters. The van der Waals surface area contributed by atoms with Gasteiger partial charge in [0.15, 0.2) is 5.96 Å². The van der Waals surface area contributed by atoms with Crippen LogP contribution in [0.25, 0.3) is 0 Å². The molecule has 0 aromatic heterocycles. The van der Waals surface area contributed by atoms with Crippen LogP contribution < -0.4 is 20.3 Å². The van der Waals surface area contributed by atoms with E-state index >= 15 is 0 Å². The van der Waals surface area contributed by atoms with Gasteiger partial charge < -0.3 is 25.0 Å². The topological polar surface area (TPSA) is 61.4 Å². The van der Waals surface area contributed by atoms with E-state index in [-0.39, 0.29) is 24.0 Å². The first-order chi connectivity index (χ1) is 14.3. The van der Waals surface area contributed by atoms with Crippen molar-refractivity contribution in [3.05, 3.63) is 24.3 Å². The van der Waals surface area contributed by atoms with Crippen molar-refractivity contribution in [3.8, 4) is 5.75 Å². The number of hydrogen-bond donors (Lipinski definition) is 2. The van der Waals surface area contributed by atoms with Gasteiger partial charge in [-0.25, -0.2) is 0 Å². The van der Waals surface area contributed by atoms with Gasteiger partial charge in [0, 0.05) is 64.7 Å². The summed E-state index contributed by atoms with van der Waals surface area (Å²) in [6.07, 6.45) is 2.08. The fourth-order valence-corrected chi connectivity index (χ4v) is 3.38. The maximum atomic E-state index is 5.36. The molecule has 7 nitrogen and oxygen atoms in total. The second kappa shape index (κ2) is 16.4. The van der Waals surface area contributed by atoms with Gasteiger partial charge in [-0.15, -0.1) is 24.0 Å². The number of benzene rings is 1. The lowest BCUT2D eigenvalue weighted by Gasteiger charge is -2.36. The van der Waals surface area contributed by atoms with Crippen LogP contribution in [0.4, 0.5) is 5.69 Å². The van der Waals surface area contributed by atoms with Gasteiger partial charge in [-0.05, 0) is 57.5 Å². The normalized spacial score (nSPS) is 14.9. The number of piperazine rings is 1. The van der Waals surface area contributed by atoms with E-state index in [0.29, 0.717) is 0 Å². The SMILES string of the molecule is CCNC(=NCCCOCC)NCCCN1CCN(c2ccc(OC)cc2)CC1.I. The summed E-state index contributed by atoms with van der Waals surface area (Å²) >= 11 is 0. The molecule has 30 heavy (non-hydrogen) atoms. The van der Waals surface area contributed by atoms with Gasteiger partial charge in [-0.3, -0.25) is 9.89 Å². The summed E-state index contributed by atoms with van der Waals surface area (Å²) in [7, 11) is 1.71. The highest BCUT2D eigenvalue weighted by atomic mass is 127. The van der Waals surface area contributed by atoms with Gasteiger partial charge in [-0.2, -0.15) is 0 Å². The van der Waals surface area contributed by atoms with Gasteiger partial charge >= 0.3 is 0 Å². The molecule has 1 fully saturated rings. The Morgan fingerprint density at radius 2 is 1.77 bits per heavy atom. The highest BCUT2D eigenvalue weighted by molar-refractivity contribution is 14.0. The van der Waals surface area contributed by atoms with Crippen LogP contribution in [0.1, 0.15) is 26.7 Å². The van der Waals surface area contributed by atoms with E-state index in [2.05, 4.69) is 44.5 Å². The Bertz CT molecular complexity index is 577. The minimum atomic E-state index is 0. The molecule has 2 N–H and O–H groups in total. The molecule has 1 aromatic rings. The Hall–Kier alpha value is -1.26. The van der Waals surface area contributed by atoms with Gasteiger partial charge in [0.1, 0.15) is 5.75 Å². The number of methoxy groups -OCH3 is 1. The molecule has 0 spiro atoms. The molecule has 2 rings (SSSR count). The monoisotopic (exact) mass is 533 g/mol. The van der Waals surface area contributed by atoms with E-state index in [0.717, 1.165) is 90.1 Å². The summed E-state index contributed by atoms with van der Waals surface area (Å²) < 4.78 is 10.6. The van der Waals surface area contributed by atoms with E-state index in [1.165, 1.54) is 5.69 Å². The second-order valence-corrected chi connectivity index (χ2v) is 7.12. The van der Waals surface area contributed by atoms with Gasteiger partial charge in [0.25, 0.3) is 0 Å². The van der Waals surface area contributed by atoms with Crippen molar-refractivity contribution in [3.63, 3.8) is 0 Å². The fourth-order valence-electron chi connectivity index (χ4n) is 3.38. The van der Waals surface area contributed by atoms with Gasteiger partial charge in [0.2, 0.25) is 0 Å². The van der Waals surface area contributed by atoms with Crippen molar-refractivity contribution in [1.29, 1.82) is 0 Å². The molecule has 1 heterocycles. The summed E-state index contributed by atoms with van der Waals surface area (Å²) in [5, 5.41) is 6.76. The van der Waals surface area contributed by atoms with Crippen molar-refractivity contribution in [2.75, 3.05) is 77.6 Å². The van der Waals surface area contributed by atoms with E-state index in [4.69, 9.17) is 9.47 Å². The number of hydrogen-bond acceptors (Lipinski definition) is 5. The van der Waals surface area contributed by atoms with Crippen LogP contribution in [0.15, 0.2) is 29.3 Å². The smallest absolute Gasteiger partial charge is 0.191 e. The molecular weight excluding hydrogens is 493 g/mol. The van der Waals surface area contributed by atoms with Crippen LogP contribution in [-0.4, -0.2) is 83.5 Å². The highest BCUT2D eigenvalue weighted by Crippen LogP contribution is 2.20. The maximum Gasteiger partial charge on any atom is 0.191 e.